The molecule has 0 aliphatic heterocycles. The molecule has 0 radical (unpaired) electrons. The Morgan fingerprint density at radius 1 is 0.604 bits per heavy atom. The van der Waals surface area contributed by atoms with Gasteiger partial charge in [-0.1, -0.05) is 178 Å². The second kappa shape index (κ2) is 13.3. The molecule has 0 nitrogen and oxygen atoms in total. The highest BCUT2D eigenvalue weighted by atomic mass is 28.9. The van der Waals surface area contributed by atoms with Crippen molar-refractivity contribution in [2.24, 2.45) is 0 Å². The number of fused-ring (bicyclic) bond motifs is 2. The highest BCUT2D eigenvalue weighted by molar-refractivity contribution is 6.99. The summed E-state index contributed by atoms with van der Waals surface area (Å²) >= 11 is 0. The van der Waals surface area contributed by atoms with Gasteiger partial charge < -0.3 is 0 Å². The first-order chi connectivity index (χ1) is 22.7. The van der Waals surface area contributed by atoms with E-state index < -0.39 is 15.8 Å². The van der Waals surface area contributed by atoms with E-state index in [9.17, 15) is 0 Å². The Morgan fingerprint density at radius 2 is 1.06 bits per heavy atom. The van der Waals surface area contributed by atoms with Crippen molar-refractivity contribution in [3.63, 3.8) is 0 Å². The summed E-state index contributed by atoms with van der Waals surface area (Å²) in [7, 11) is -1.70. The lowest BCUT2D eigenvalue weighted by molar-refractivity contribution is 0.588. The van der Waals surface area contributed by atoms with Crippen molar-refractivity contribution in [2.75, 3.05) is 0 Å². The summed E-state index contributed by atoms with van der Waals surface area (Å²) in [5, 5.41) is 0. The maximum absolute atomic E-state index is 2.60. The van der Waals surface area contributed by atoms with Gasteiger partial charge in [-0.2, -0.15) is 0 Å². The molecular formula is C46H56Si2. The van der Waals surface area contributed by atoms with Crippen LogP contribution in [0, 0.1) is 6.92 Å². The first kappa shape index (κ1) is 34.6. The fourth-order valence-corrected chi connectivity index (χ4v) is 19.8. The molecule has 248 valence electrons. The largest absolute Gasteiger partial charge is 0.0652 e. The molecule has 0 aromatic heterocycles. The predicted octanol–water partition coefficient (Wildman–Crippen LogP) is 12.9. The van der Waals surface area contributed by atoms with Crippen LogP contribution < -0.4 is 0 Å². The average molecular weight is 665 g/mol. The Balaban J connectivity index is 1.62. The van der Waals surface area contributed by atoms with Crippen molar-refractivity contribution < 1.29 is 0 Å². The fourth-order valence-electron chi connectivity index (χ4n) is 8.24. The Hall–Kier alpha value is -3.21. The highest BCUT2D eigenvalue weighted by Gasteiger charge is 2.40. The molecule has 2 atom stereocenters. The van der Waals surface area contributed by atoms with Crippen molar-refractivity contribution in [1.82, 2.24) is 0 Å². The second-order valence-corrected chi connectivity index (χ2v) is 25.1. The molecule has 0 bridgehead atoms. The van der Waals surface area contributed by atoms with Crippen molar-refractivity contribution in [1.29, 1.82) is 0 Å². The van der Waals surface area contributed by atoms with Crippen LogP contribution in [0.3, 0.4) is 0 Å². The van der Waals surface area contributed by atoms with Crippen LogP contribution in [0.5, 0.6) is 0 Å². The molecule has 48 heavy (non-hydrogen) atoms. The summed E-state index contributed by atoms with van der Waals surface area (Å²) in [6.07, 6.45) is 5.18. The SMILES string of the molecule is CC[Si](CC)=[Si](C1C(c2ccc(C(C)(C)C)cc2C)=Cc2ccccc21)C1C(c2ccc(C(C)(C)C)cc2C(C)C)=Cc2ccccc21. The zero-order chi connectivity index (χ0) is 34.5. The highest BCUT2D eigenvalue weighted by Crippen LogP contribution is 2.52. The van der Waals surface area contributed by atoms with E-state index >= 15 is 0 Å². The normalized spacial score (nSPS) is 17.2. The summed E-state index contributed by atoms with van der Waals surface area (Å²) in [5.41, 5.74) is 19.0. The number of aryl methyl sites for hydroxylation is 1. The molecule has 0 saturated carbocycles. The molecule has 2 unspecified atom stereocenters. The lowest BCUT2D eigenvalue weighted by Gasteiger charge is -2.32. The minimum absolute atomic E-state index is 0.123. The van der Waals surface area contributed by atoms with Gasteiger partial charge in [0.1, 0.15) is 0 Å². The first-order valence-electron chi connectivity index (χ1n) is 18.3. The summed E-state index contributed by atoms with van der Waals surface area (Å²) < 4.78 is 0. The lowest BCUT2D eigenvalue weighted by atomic mass is 9.82. The summed E-state index contributed by atoms with van der Waals surface area (Å²) in [4.78, 5) is 0. The number of rotatable bonds is 7. The van der Waals surface area contributed by atoms with E-state index in [0.29, 0.717) is 17.0 Å². The Morgan fingerprint density at radius 3 is 1.52 bits per heavy atom. The molecule has 4 aromatic rings. The minimum Gasteiger partial charge on any atom is -0.0652 e. The van der Waals surface area contributed by atoms with Crippen LogP contribution in [0.25, 0.3) is 23.3 Å². The molecule has 6 rings (SSSR count). The van der Waals surface area contributed by atoms with E-state index in [1.807, 2.05) is 0 Å². The van der Waals surface area contributed by atoms with Gasteiger partial charge in [-0.15, -0.1) is 0 Å². The van der Waals surface area contributed by atoms with Gasteiger partial charge >= 0.3 is 0 Å². The standard InChI is InChI=1S/C46H56Si2/c1-12-47(13-2)48(43-37-20-16-14-18-32(37)27-41(43)36-24-22-34(26-31(36)5)45(6,7)8)44-38-21-17-15-19-33(38)28-42(44)39-25-23-35(46(9,10)11)29-40(39)30(3)4/h14-30,43-44H,12-13H2,1-11H3. The van der Waals surface area contributed by atoms with Crippen molar-refractivity contribution in [2.45, 2.75) is 116 Å². The number of hydrogen-bond acceptors (Lipinski definition) is 0. The van der Waals surface area contributed by atoms with Crippen LogP contribution in [0.1, 0.15) is 142 Å². The molecule has 2 heteroatoms. The molecule has 0 saturated heterocycles. The van der Waals surface area contributed by atoms with Crippen molar-refractivity contribution in [3.8, 4) is 0 Å². The van der Waals surface area contributed by atoms with Gasteiger partial charge in [-0.25, -0.2) is 0 Å². The van der Waals surface area contributed by atoms with Crippen molar-refractivity contribution in [3.05, 3.63) is 141 Å². The Kier molecular flexibility index (Phi) is 9.57. The Labute approximate surface area is 294 Å². The summed E-state index contributed by atoms with van der Waals surface area (Å²) in [5.74, 6) is 0.456. The third-order valence-electron chi connectivity index (χ3n) is 11.0. The third kappa shape index (κ3) is 6.32. The van der Waals surface area contributed by atoms with Gasteiger partial charge in [-0.05, 0) is 98.3 Å². The zero-order valence-corrected chi connectivity index (χ0v) is 33.4. The van der Waals surface area contributed by atoms with Gasteiger partial charge in [0.05, 0.1) is 0 Å². The van der Waals surface area contributed by atoms with Crippen LogP contribution in [0.15, 0.2) is 84.9 Å². The van der Waals surface area contributed by atoms with E-state index in [0.717, 1.165) is 0 Å². The van der Waals surface area contributed by atoms with E-state index in [1.165, 1.54) is 56.6 Å². The van der Waals surface area contributed by atoms with E-state index in [-0.39, 0.29) is 10.8 Å². The van der Waals surface area contributed by atoms with Crippen LogP contribution >= 0.6 is 0 Å². The number of allylic oxidation sites excluding steroid dienone is 2. The maximum atomic E-state index is 2.60. The minimum atomic E-state index is -1.02. The second-order valence-electron chi connectivity index (χ2n) is 16.6. The molecule has 0 heterocycles. The third-order valence-corrected chi connectivity index (χ3v) is 22.3. The van der Waals surface area contributed by atoms with Gasteiger partial charge in [-0.3, -0.25) is 0 Å². The van der Waals surface area contributed by atoms with E-state index in [4.69, 9.17) is 0 Å². The Bertz CT molecular complexity index is 1940. The molecule has 0 N–H and O–H groups in total. The van der Waals surface area contributed by atoms with Crippen LogP contribution in [-0.2, 0) is 10.8 Å². The van der Waals surface area contributed by atoms with Gasteiger partial charge in [0.15, 0.2) is 0 Å². The average Bonchev–Trinajstić information content (AvgIpc) is 3.61. The maximum Gasteiger partial charge on any atom is 0.0154 e. The molecule has 0 amide bonds. The smallest absolute Gasteiger partial charge is 0.0154 e. The number of benzene rings is 4. The number of hydrogen-bond donors (Lipinski definition) is 0. The van der Waals surface area contributed by atoms with Crippen LogP contribution in [0.4, 0.5) is 0 Å². The molecular weight excluding hydrogens is 609 g/mol. The molecule has 2 aliphatic rings. The molecule has 0 spiro atoms. The topological polar surface area (TPSA) is 0 Å². The monoisotopic (exact) mass is 664 g/mol. The van der Waals surface area contributed by atoms with Gasteiger partial charge in [0.25, 0.3) is 0 Å². The quantitative estimate of drug-likeness (QED) is 0.172. The molecule has 0 fully saturated rings. The van der Waals surface area contributed by atoms with E-state index in [2.05, 4.69) is 173 Å². The van der Waals surface area contributed by atoms with Crippen LogP contribution in [-0.4, -0.2) is 15.8 Å². The summed E-state index contributed by atoms with van der Waals surface area (Å²) in [6.45, 7) is 26.2. The molecule has 4 aromatic carbocycles. The predicted molar refractivity (Wildman–Crippen MR) is 216 cm³/mol. The van der Waals surface area contributed by atoms with Crippen molar-refractivity contribution >= 4 is 39.1 Å². The van der Waals surface area contributed by atoms with Gasteiger partial charge in [0, 0.05) is 19.0 Å². The van der Waals surface area contributed by atoms with Gasteiger partial charge in [0.2, 0.25) is 0 Å². The lowest BCUT2D eigenvalue weighted by Crippen LogP contribution is -2.32. The fraction of sp³-hybridized carbons (Fsp3) is 0.391. The molecule has 2 aliphatic carbocycles. The van der Waals surface area contributed by atoms with Crippen LogP contribution in [0.2, 0.25) is 12.1 Å². The first-order valence-corrected chi connectivity index (χ1v) is 22.9. The summed E-state index contributed by atoms with van der Waals surface area (Å²) in [6, 6.07) is 36.2. The van der Waals surface area contributed by atoms with E-state index in [1.54, 1.807) is 22.3 Å². The zero-order valence-electron chi connectivity index (χ0n) is 31.4.